The Morgan fingerprint density at radius 2 is 1.96 bits per heavy atom. The quantitative estimate of drug-likeness (QED) is 0.489. The number of anilines is 2. The van der Waals surface area contributed by atoms with Gasteiger partial charge in [-0.05, 0) is 50.2 Å². The number of nitrogens with zero attached hydrogens (tertiary/aromatic N) is 3. The molecule has 0 saturated heterocycles. The second-order valence-corrected chi connectivity index (χ2v) is 7.04. The van der Waals surface area contributed by atoms with Gasteiger partial charge in [-0.1, -0.05) is 11.6 Å². The van der Waals surface area contributed by atoms with E-state index in [0.29, 0.717) is 11.6 Å². The van der Waals surface area contributed by atoms with E-state index in [1.54, 1.807) is 11.3 Å². The number of aryl methyl sites for hydroxylation is 1. The lowest BCUT2D eigenvalue weighted by Gasteiger charge is -2.05. The minimum atomic E-state index is 0.658. The number of rotatable bonds is 5. The van der Waals surface area contributed by atoms with Crippen molar-refractivity contribution in [1.82, 2.24) is 14.4 Å². The molecule has 1 N–H and O–H groups in total. The molecule has 4 rings (SSSR count). The number of imidazole rings is 1. The highest BCUT2D eigenvalue weighted by atomic mass is 35.5. The normalized spacial score (nSPS) is 11.0. The molecule has 0 aliphatic heterocycles. The van der Waals surface area contributed by atoms with E-state index in [1.165, 1.54) is 0 Å². The number of ether oxygens (including phenoxy) is 1. The summed E-state index contributed by atoms with van der Waals surface area (Å²) in [7, 11) is 0. The predicted octanol–water partition coefficient (Wildman–Crippen LogP) is 5.56. The van der Waals surface area contributed by atoms with Crippen LogP contribution in [0.1, 0.15) is 12.6 Å². The van der Waals surface area contributed by atoms with Crippen LogP contribution in [0.4, 0.5) is 10.8 Å². The van der Waals surface area contributed by atoms with Gasteiger partial charge in [0.05, 0.1) is 23.0 Å². The van der Waals surface area contributed by atoms with E-state index in [4.69, 9.17) is 21.3 Å². The number of halogens is 1. The molecule has 3 aromatic heterocycles. The SMILES string of the molecule is CCOc1ccc(Nc2nc(-c3c(C)nc4ccc(Cl)cn34)cs2)cc1. The lowest BCUT2D eigenvalue weighted by atomic mass is 10.3. The summed E-state index contributed by atoms with van der Waals surface area (Å²) in [5, 5.41) is 6.84. The van der Waals surface area contributed by atoms with Gasteiger partial charge in [-0.2, -0.15) is 0 Å². The van der Waals surface area contributed by atoms with Crippen molar-refractivity contribution in [2.24, 2.45) is 0 Å². The molecule has 0 fully saturated rings. The Morgan fingerprint density at radius 3 is 2.73 bits per heavy atom. The molecule has 1 aromatic carbocycles. The van der Waals surface area contributed by atoms with Crippen molar-refractivity contribution < 1.29 is 4.74 Å². The van der Waals surface area contributed by atoms with Crippen LogP contribution in [0, 0.1) is 6.92 Å². The molecular formula is C19H17ClN4OS. The number of thiazole rings is 1. The van der Waals surface area contributed by atoms with Gasteiger partial charge in [0, 0.05) is 17.3 Å². The highest BCUT2D eigenvalue weighted by molar-refractivity contribution is 7.14. The van der Waals surface area contributed by atoms with Crippen molar-refractivity contribution in [1.29, 1.82) is 0 Å². The Hall–Kier alpha value is -2.57. The first-order chi connectivity index (χ1) is 12.6. The molecule has 3 heterocycles. The van der Waals surface area contributed by atoms with Crippen LogP contribution in [0.2, 0.25) is 5.02 Å². The lowest BCUT2D eigenvalue weighted by Crippen LogP contribution is -1.93. The van der Waals surface area contributed by atoms with Crippen molar-refractivity contribution in [2.75, 3.05) is 11.9 Å². The molecule has 7 heteroatoms. The average Bonchev–Trinajstić information content (AvgIpc) is 3.20. The first-order valence-electron chi connectivity index (χ1n) is 8.24. The zero-order chi connectivity index (χ0) is 18.1. The van der Waals surface area contributed by atoms with Crippen LogP contribution in [0.5, 0.6) is 5.75 Å². The molecule has 0 radical (unpaired) electrons. The first kappa shape index (κ1) is 16.9. The van der Waals surface area contributed by atoms with Crippen LogP contribution in [0.25, 0.3) is 17.0 Å². The fourth-order valence-corrected chi connectivity index (χ4v) is 3.69. The van der Waals surface area contributed by atoms with Gasteiger partial charge in [0.15, 0.2) is 5.13 Å². The lowest BCUT2D eigenvalue weighted by molar-refractivity contribution is 0.340. The number of nitrogens with one attached hydrogen (secondary N) is 1. The third-order valence-corrected chi connectivity index (χ3v) is 4.90. The van der Waals surface area contributed by atoms with E-state index in [1.807, 2.05) is 66.2 Å². The molecule has 0 saturated carbocycles. The highest BCUT2D eigenvalue weighted by Gasteiger charge is 2.14. The maximum Gasteiger partial charge on any atom is 0.187 e. The summed E-state index contributed by atoms with van der Waals surface area (Å²) in [6.07, 6.45) is 1.87. The first-order valence-corrected chi connectivity index (χ1v) is 9.50. The third-order valence-electron chi connectivity index (χ3n) is 3.92. The van der Waals surface area contributed by atoms with Gasteiger partial charge in [-0.25, -0.2) is 9.97 Å². The summed E-state index contributed by atoms with van der Waals surface area (Å²) >= 11 is 7.70. The molecule has 0 aliphatic rings. The van der Waals surface area contributed by atoms with Gasteiger partial charge in [0.1, 0.15) is 17.1 Å². The fourth-order valence-electron chi connectivity index (χ4n) is 2.81. The molecular weight excluding hydrogens is 368 g/mol. The third kappa shape index (κ3) is 3.25. The van der Waals surface area contributed by atoms with Crippen LogP contribution in [0.3, 0.4) is 0 Å². The molecule has 0 bridgehead atoms. The minimum Gasteiger partial charge on any atom is -0.494 e. The smallest absolute Gasteiger partial charge is 0.187 e. The maximum absolute atomic E-state index is 6.15. The van der Waals surface area contributed by atoms with Gasteiger partial charge in [-0.15, -0.1) is 11.3 Å². The average molecular weight is 385 g/mol. The Morgan fingerprint density at radius 1 is 1.15 bits per heavy atom. The molecule has 132 valence electrons. The molecule has 4 aromatic rings. The number of hydrogen-bond acceptors (Lipinski definition) is 5. The zero-order valence-corrected chi connectivity index (χ0v) is 15.9. The van der Waals surface area contributed by atoms with Crippen molar-refractivity contribution in [3.05, 3.63) is 58.7 Å². The van der Waals surface area contributed by atoms with E-state index in [9.17, 15) is 0 Å². The summed E-state index contributed by atoms with van der Waals surface area (Å²) in [6, 6.07) is 11.6. The molecule has 0 amide bonds. The number of pyridine rings is 1. The van der Waals surface area contributed by atoms with E-state index >= 15 is 0 Å². The van der Waals surface area contributed by atoms with Crippen LogP contribution >= 0.6 is 22.9 Å². The summed E-state index contributed by atoms with van der Waals surface area (Å²) in [5.41, 5.74) is 4.57. The van der Waals surface area contributed by atoms with Crippen LogP contribution in [-0.2, 0) is 0 Å². The van der Waals surface area contributed by atoms with Gasteiger partial charge in [-0.3, -0.25) is 4.40 Å². The minimum absolute atomic E-state index is 0.658. The monoisotopic (exact) mass is 384 g/mol. The van der Waals surface area contributed by atoms with Crippen molar-refractivity contribution >= 4 is 39.4 Å². The maximum atomic E-state index is 6.15. The fraction of sp³-hybridized carbons (Fsp3) is 0.158. The number of aromatic nitrogens is 3. The van der Waals surface area contributed by atoms with E-state index in [2.05, 4.69) is 10.3 Å². The van der Waals surface area contributed by atoms with E-state index in [0.717, 1.165) is 39.3 Å². The van der Waals surface area contributed by atoms with E-state index in [-0.39, 0.29) is 0 Å². The predicted molar refractivity (Wildman–Crippen MR) is 107 cm³/mol. The second-order valence-electron chi connectivity index (χ2n) is 5.74. The summed E-state index contributed by atoms with van der Waals surface area (Å²) in [4.78, 5) is 9.31. The Bertz CT molecular complexity index is 1060. The molecule has 0 spiro atoms. The number of fused-ring (bicyclic) bond motifs is 1. The van der Waals surface area contributed by atoms with Crippen LogP contribution in [0.15, 0.2) is 48.0 Å². The highest BCUT2D eigenvalue weighted by Crippen LogP contribution is 2.30. The molecule has 5 nitrogen and oxygen atoms in total. The van der Waals surface area contributed by atoms with Gasteiger partial charge >= 0.3 is 0 Å². The molecule has 26 heavy (non-hydrogen) atoms. The number of hydrogen-bond donors (Lipinski definition) is 1. The van der Waals surface area contributed by atoms with Gasteiger partial charge < -0.3 is 10.1 Å². The van der Waals surface area contributed by atoms with Crippen molar-refractivity contribution in [3.63, 3.8) is 0 Å². The standard InChI is InChI=1S/C19H17ClN4OS/c1-3-25-15-7-5-14(6-8-15)22-19-23-16(11-26-19)18-12(2)21-17-9-4-13(20)10-24(17)18/h4-11H,3H2,1-2H3,(H,22,23). The van der Waals surface area contributed by atoms with Gasteiger partial charge in [0.25, 0.3) is 0 Å². The van der Waals surface area contributed by atoms with E-state index < -0.39 is 0 Å². The number of benzene rings is 1. The summed E-state index contributed by atoms with van der Waals surface area (Å²) < 4.78 is 7.45. The van der Waals surface area contributed by atoms with Gasteiger partial charge in [0.2, 0.25) is 0 Å². The summed E-state index contributed by atoms with van der Waals surface area (Å²) in [6.45, 7) is 4.61. The molecule has 0 unspecified atom stereocenters. The zero-order valence-electron chi connectivity index (χ0n) is 14.4. The molecule has 0 aliphatic carbocycles. The van der Waals surface area contributed by atoms with Crippen LogP contribution in [-0.4, -0.2) is 21.0 Å². The Labute approximate surface area is 160 Å². The Kier molecular flexibility index (Phi) is 4.53. The largest absolute Gasteiger partial charge is 0.494 e. The summed E-state index contributed by atoms with van der Waals surface area (Å²) in [5.74, 6) is 0.858. The Balaban J connectivity index is 1.62. The van der Waals surface area contributed by atoms with Crippen molar-refractivity contribution in [2.45, 2.75) is 13.8 Å². The molecule has 0 atom stereocenters. The van der Waals surface area contributed by atoms with Crippen LogP contribution < -0.4 is 10.1 Å². The topological polar surface area (TPSA) is 51.5 Å². The van der Waals surface area contributed by atoms with Crippen molar-refractivity contribution in [3.8, 4) is 17.1 Å². The second kappa shape index (κ2) is 6.97.